The van der Waals surface area contributed by atoms with Gasteiger partial charge in [0.05, 0.1) is 5.69 Å². The third-order valence-electron chi connectivity index (χ3n) is 3.77. The molecule has 0 saturated carbocycles. The topological polar surface area (TPSA) is 46.4 Å². The smallest absolute Gasteiger partial charge is 0.224 e. The molecule has 3 rings (SSSR count). The van der Waals surface area contributed by atoms with Gasteiger partial charge >= 0.3 is 0 Å². The van der Waals surface area contributed by atoms with Gasteiger partial charge in [0.2, 0.25) is 5.91 Å². The Labute approximate surface area is 129 Å². The summed E-state index contributed by atoms with van der Waals surface area (Å²) in [5.74, 6) is 0.00988. The lowest BCUT2D eigenvalue weighted by atomic mass is 10.1. The first-order valence-corrected chi connectivity index (χ1v) is 7.55. The van der Waals surface area contributed by atoms with E-state index in [1.165, 1.54) is 11.1 Å². The van der Waals surface area contributed by atoms with Crippen molar-refractivity contribution in [3.63, 3.8) is 0 Å². The average Bonchev–Trinajstić information content (AvgIpc) is 3.03. The van der Waals surface area contributed by atoms with Crippen molar-refractivity contribution in [2.45, 2.75) is 26.2 Å². The lowest BCUT2D eigenvalue weighted by Crippen LogP contribution is -2.13. The zero-order valence-electron chi connectivity index (χ0n) is 12.6. The quantitative estimate of drug-likeness (QED) is 0.783. The van der Waals surface area contributed by atoms with Gasteiger partial charge in [-0.3, -0.25) is 4.79 Å². The van der Waals surface area contributed by atoms with Crippen molar-refractivity contribution in [3.8, 4) is 0 Å². The molecule has 0 aliphatic carbocycles. The molecule has 4 nitrogen and oxygen atoms in total. The van der Waals surface area contributed by atoms with Crippen LogP contribution in [0.3, 0.4) is 0 Å². The van der Waals surface area contributed by atoms with E-state index in [9.17, 15) is 4.79 Å². The summed E-state index contributed by atoms with van der Waals surface area (Å²) in [6.07, 6.45) is 7.74. The molecule has 0 aliphatic rings. The van der Waals surface area contributed by atoms with Crippen molar-refractivity contribution in [2.75, 3.05) is 5.32 Å². The predicted octanol–water partition coefficient (Wildman–Crippen LogP) is 3.47. The zero-order chi connectivity index (χ0) is 15.4. The van der Waals surface area contributed by atoms with Crippen molar-refractivity contribution < 1.29 is 4.79 Å². The molecule has 0 fully saturated rings. The summed E-state index contributed by atoms with van der Waals surface area (Å²) in [4.78, 5) is 16.4. The van der Waals surface area contributed by atoms with Gasteiger partial charge in [-0.05, 0) is 36.1 Å². The molecule has 0 spiro atoms. The first-order chi connectivity index (χ1) is 10.8. The summed E-state index contributed by atoms with van der Waals surface area (Å²) in [5, 5.41) is 2.94. The second-order valence-corrected chi connectivity index (χ2v) is 5.30. The van der Waals surface area contributed by atoms with Crippen molar-refractivity contribution >= 4 is 17.2 Å². The van der Waals surface area contributed by atoms with Crippen LogP contribution in [0.15, 0.2) is 55.0 Å². The molecule has 1 aromatic carbocycles. The van der Waals surface area contributed by atoms with E-state index in [2.05, 4.69) is 41.5 Å². The van der Waals surface area contributed by atoms with Crippen molar-refractivity contribution in [1.82, 2.24) is 9.38 Å². The summed E-state index contributed by atoms with van der Waals surface area (Å²) in [7, 11) is 0. The van der Waals surface area contributed by atoms with Gasteiger partial charge in [-0.2, -0.15) is 0 Å². The molecule has 0 unspecified atom stereocenters. The number of rotatable bonds is 5. The Kier molecular flexibility index (Phi) is 4.19. The van der Waals surface area contributed by atoms with Crippen LogP contribution < -0.4 is 5.32 Å². The number of hydrogen-bond acceptors (Lipinski definition) is 2. The first kappa shape index (κ1) is 14.3. The Morgan fingerprint density at radius 2 is 1.91 bits per heavy atom. The number of nitrogens with zero attached hydrogens (tertiary/aromatic N) is 2. The number of amides is 1. The summed E-state index contributed by atoms with van der Waals surface area (Å²) in [6, 6.07) is 12.2. The Bertz CT molecular complexity index is 774. The van der Waals surface area contributed by atoms with Crippen LogP contribution in [0, 0.1) is 0 Å². The molecule has 112 valence electrons. The fraction of sp³-hybridized carbons (Fsp3) is 0.222. The summed E-state index contributed by atoms with van der Waals surface area (Å²) < 4.78 is 1.89. The normalized spacial score (nSPS) is 10.8. The lowest BCUT2D eigenvalue weighted by Gasteiger charge is -2.07. The van der Waals surface area contributed by atoms with E-state index >= 15 is 0 Å². The molecular formula is C18H19N3O. The molecule has 0 bridgehead atoms. The van der Waals surface area contributed by atoms with Crippen molar-refractivity contribution in [2.24, 2.45) is 0 Å². The molecule has 0 atom stereocenters. The second-order valence-electron chi connectivity index (χ2n) is 5.30. The fourth-order valence-electron chi connectivity index (χ4n) is 2.46. The van der Waals surface area contributed by atoms with Crippen LogP contribution in [0.25, 0.3) is 5.65 Å². The minimum Gasteiger partial charge on any atom is -0.323 e. The molecule has 1 N–H and O–H groups in total. The van der Waals surface area contributed by atoms with Crippen LogP contribution in [0.1, 0.15) is 24.5 Å². The Morgan fingerprint density at radius 1 is 1.14 bits per heavy atom. The number of carbonyl (C=O) groups is 1. The number of fused-ring (bicyclic) bond motifs is 1. The number of benzene rings is 1. The highest BCUT2D eigenvalue weighted by Crippen LogP contribution is 2.15. The van der Waals surface area contributed by atoms with E-state index < -0.39 is 0 Å². The minimum absolute atomic E-state index is 0.00988. The number of aryl methyl sites for hydroxylation is 2. The van der Waals surface area contributed by atoms with Crippen LogP contribution in [-0.4, -0.2) is 15.3 Å². The van der Waals surface area contributed by atoms with Gasteiger partial charge in [0, 0.05) is 25.0 Å². The highest BCUT2D eigenvalue weighted by atomic mass is 16.1. The lowest BCUT2D eigenvalue weighted by molar-refractivity contribution is -0.116. The SMILES string of the molecule is CCc1ccc(CCC(=O)Nc2cccn3ccnc23)cc1. The maximum atomic E-state index is 12.1. The monoisotopic (exact) mass is 293 g/mol. The number of hydrogen-bond donors (Lipinski definition) is 1. The largest absolute Gasteiger partial charge is 0.323 e. The van der Waals surface area contributed by atoms with Gasteiger partial charge < -0.3 is 9.72 Å². The second kappa shape index (κ2) is 6.43. The van der Waals surface area contributed by atoms with Crippen LogP contribution >= 0.6 is 0 Å². The number of nitrogens with one attached hydrogen (secondary N) is 1. The molecule has 2 aromatic heterocycles. The molecule has 0 aliphatic heterocycles. The van der Waals surface area contributed by atoms with E-state index in [-0.39, 0.29) is 5.91 Å². The molecule has 3 aromatic rings. The molecule has 0 radical (unpaired) electrons. The van der Waals surface area contributed by atoms with Crippen molar-refractivity contribution in [3.05, 3.63) is 66.1 Å². The van der Waals surface area contributed by atoms with Gasteiger partial charge in [0.1, 0.15) is 0 Å². The highest BCUT2D eigenvalue weighted by molar-refractivity contribution is 5.94. The molecule has 1 amide bonds. The van der Waals surface area contributed by atoms with Gasteiger partial charge in [0.15, 0.2) is 5.65 Å². The van der Waals surface area contributed by atoms with E-state index in [4.69, 9.17) is 0 Å². The third-order valence-corrected chi connectivity index (χ3v) is 3.77. The van der Waals surface area contributed by atoms with Gasteiger partial charge in [-0.1, -0.05) is 31.2 Å². The van der Waals surface area contributed by atoms with Gasteiger partial charge in [-0.15, -0.1) is 0 Å². The Hall–Kier alpha value is -2.62. The number of imidazole rings is 1. The number of aromatic nitrogens is 2. The van der Waals surface area contributed by atoms with Crippen LogP contribution in [0.4, 0.5) is 5.69 Å². The molecule has 0 saturated heterocycles. The van der Waals surface area contributed by atoms with Crippen LogP contribution in [0.2, 0.25) is 0 Å². The summed E-state index contributed by atoms with van der Waals surface area (Å²) in [6.45, 7) is 2.14. The minimum atomic E-state index is 0.00988. The maximum absolute atomic E-state index is 12.1. The first-order valence-electron chi connectivity index (χ1n) is 7.55. The van der Waals surface area contributed by atoms with E-state index in [0.29, 0.717) is 6.42 Å². The zero-order valence-corrected chi connectivity index (χ0v) is 12.6. The molecule has 22 heavy (non-hydrogen) atoms. The predicted molar refractivity (Wildman–Crippen MR) is 88.0 cm³/mol. The molecule has 2 heterocycles. The van der Waals surface area contributed by atoms with E-state index in [1.54, 1.807) is 6.20 Å². The average molecular weight is 293 g/mol. The molecular weight excluding hydrogens is 274 g/mol. The van der Waals surface area contributed by atoms with Crippen molar-refractivity contribution in [1.29, 1.82) is 0 Å². The maximum Gasteiger partial charge on any atom is 0.224 e. The van der Waals surface area contributed by atoms with Crippen LogP contribution in [-0.2, 0) is 17.6 Å². The standard InChI is InChI=1S/C18H19N3O/c1-2-14-5-7-15(8-6-14)9-10-17(22)20-16-4-3-12-21-13-11-19-18(16)21/h3-8,11-13H,2,9-10H2,1H3,(H,20,22). The summed E-state index contributed by atoms with van der Waals surface area (Å²) in [5.41, 5.74) is 4.02. The van der Waals surface area contributed by atoms with Crippen LogP contribution in [0.5, 0.6) is 0 Å². The van der Waals surface area contributed by atoms with Gasteiger partial charge in [-0.25, -0.2) is 4.98 Å². The van der Waals surface area contributed by atoms with Gasteiger partial charge in [0.25, 0.3) is 0 Å². The highest BCUT2D eigenvalue weighted by Gasteiger charge is 2.07. The molecule has 4 heteroatoms. The Balaban J connectivity index is 1.61. The van der Waals surface area contributed by atoms with E-state index in [1.807, 2.05) is 28.9 Å². The fourth-order valence-corrected chi connectivity index (χ4v) is 2.46. The number of anilines is 1. The third kappa shape index (κ3) is 3.17. The Morgan fingerprint density at radius 3 is 2.68 bits per heavy atom. The number of pyridine rings is 1. The van der Waals surface area contributed by atoms with E-state index in [0.717, 1.165) is 24.2 Å². The number of carbonyl (C=O) groups excluding carboxylic acids is 1. The summed E-state index contributed by atoms with van der Waals surface area (Å²) >= 11 is 0.